The molecule has 20 heavy (non-hydrogen) atoms. The van der Waals surface area contributed by atoms with E-state index in [-0.39, 0.29) is 6.03 Å². The van der Waals surface area contributed by atoms with Crippen molar-refractivity contribution in [2.45, 2.75) is 25.7 Å². The first-order chi connectivity index (χ1) is 9.74. The smallest absolute Gasteiger partial charge is 0.319 e. The Balaban J connectivity index is 1.59. The van der Waals surface area contributed by atoms with Crippen LogP contribution < -0.4 is 10.6 Å². The highest BCUT2D eigenvalue weighted by Crippen LogP contribution is 2.19. The topological polar surface area (TPSA) is 50.4 Å². The number of urea groups is 1. The van der Waals surface area contributed by atoms with E-state index in [4.69, 9.17) is 16.3 Å². The van der Waals surface area contributed by atoms with Crippen LogP contribution in [0.2, 0.25) is 5.02 Å². The lowest BCUT2D eigenvalue weighted by atomic mass is 9.95. The summed E-state index contributed by atoms with van der Waals surface area (Å²) in [6, 6.07) is 6.90. The first kappa shape index (κ1) is 15.1. The minimum Gasteiger partial charge on any atom is -0.381 e. The minimum atomic E-state index is -0.167. The standard InChI is InChI=1S/C15H21ClN2O2/c16-13-3-5-14(6-4-13)18-15(19)17-9-1-2-12-7-10-20-11-8-12/h3-6,12H,1-2,7-11H2,(H2,17,18,19). The Hall–Kier alpha value is -1.26. The average molecular weight is 297 g/mol. The molecule has 1 aromatic carbocycles. The summed E-state index contributed by atoms with van der Waals surface area (Å²) in [5.74, 6) is 0.755. The fraction of sp³-hybridized carbons (Fsp3) is 0.533. The van der Waals surface area contributed by atoms with E-state index in [9.17, 15) is 4.79 Å². The van der Waals surface area contributed by atoms with Crippen molar-refractivity contribution >= 4 is 23.3 Å². The normalized spacial score (nSPS) is 15.8. The molecule has 4 nitrogen and oxygen atoms in total. The number of halogens is 1. The van der Waals surface area contributed by atoms with Gasteiger partial charge in [0.25, 0.3) is 0 Å². The zero-order valence-electron chi connectivity index (χ0n) is 11.5. The third kappa shape index (κ3) is 5.39. The van der Waals surface area contributed by atoms with Gasteiger partial charge in [-0.1, -0.05) is 11.6 Å². The molecule has 1 aromatic rings. The van der Waals surface area contributed by atoms with Crippen LogP contribution in [-0.2, 0) is 4.74 Å². The van der Waals surface area contributed by atoms with Gasteiger partial charge in [0.2, 0.25) is 0 Å². The largest absolute Gasteiger partial charge is 0.381 e. The van der Waals surface area contributed by atoms with Crippen molar-refractivity contribution < 1.29 is 9.53 Å². The monoisotopic (exact) mass is 296 g/mol. The molecule has 110 valence electrons. The second kappa shape index (κ2) is 8.12. The van der Waals surface area contributed by atoms with Gasteiger partial charge < -0.3 is 15.4 Å². The number of carbonyl (C=O) groups is 1. The number of carbonyl (C=O) groups excluding carboxylic acids is 1. The van der Waals surface area contributed by atoms with Gasteiger partial charge >= 0.3 is 6.03 Å². The van der Waals surface area contributed by atoms with Crippen molar-refractivity contribution in [3.05, 3.63) is 29.3 Å². The molecule has 5 heteroatoms. The van der Waals surface area contributed by atoms with E-state index >= 15 is 0 Å². The second-order valence-corrected chi connectivity index (χ2v) is 5.52. The van der Waals surface area contributed by atoms with Crippen molar-refractivity contribution in [2.24, 2.45) is 5.92 Å². The van der Waals surface area contributed by atoms with Crippen LogP contribution in [0.5, 0.6) is 0 Å². The van der Waals surface area contributed by atoms with Crippen LogP contribution in [0.25, 0.3) is 0 Å². The molecule has 2 rings (SSSR count). The molecule has 0 spiro atoms. The Morgan fingerprint density at radius 1 is 1.25 bits per heavy atom. The summed E-state index contributed by atoms with van der Waals surface area (Å²) in [5, 5.41) is 6.31. The van der Waals surface area contributed by atoms with E-state index in [1.165, 1.54) is 0 Å². The van der Waals surface area contributed by atoms with E-state index in [1.54, 1.807) is 24.3 Å². The van der Waals surface area contributed by atoms with Crippen LogP contribution in [0.3, 0.4) is 0 Å². The van der Waals surface area contributed by atoms with E-state index in [1.807, 2.05) is 0 Å². The zero-order chi connectivity index (χ0) is 14.2. The van der Waals surface area contributed by atoms with Gasteiger partial charge in [-0.2, -0.15) is 0 Å². The van der Waals surface area contributed by atoms with Crippen LogP contribution in [0.15, 0.2) is 24.3 Å². The van der Waals surface area contributed by atoms with Gasteiger partial charge in [0, 0.05) is 30.5 Å². The number of nitrogens with one attached hydrogen (secondary N) is 2. The lowest BCUT2D eigenvalue weighted by molar-refractivity contribution is 0.0634. The molecule has 1 saturated heterocycles. The predicted molar refractivity (Wildman–Crippen MR) is 81.3 cm³/mol. The van der Waals surface area contributed by atoms with Crippen molar-refractivity contribution in [3.63, 3.8) is 0 Å². The van der Waals surface area contributed by atoms with Gasteiger partial charge in [-0.05, 0) is 55.9 Å². The molecule has 0 bridgehead atoms. The first-order valence-corrected chi connectivity index (χ1v) is 7.50. The van der Waals surface area contributed by atoms with E-state index < -0.39 is 0 Å². The van der Waals surface area contributed by atoms with Crippen LogP contribution in [0.1, 0.15) is 25.7 Å². The molecule has 0 saturated carbocycles. The van der Waals surface area contributed by atoms with Crippen molar-refractivity contribution in [3.8, 4) is 0 Å². The molecule has 2 amide bonds. The summed E-state index contributed by atoms with van der Waals surface area (Å²) in [6.07, 6.45) is 4.47. The third-order valence-electron chi connectivity index (χ3n) is 3.52. The molecule has 0 aromatic heterocycles. The maximum Gasteiger partial charge on any atom is 0.319 e. The van der Waals surface area contributed by atoms with Gasteiger partial charge in [0.05, 0.1) is 0 Å². The molecule has 0 unspecified atom stereocenters. The number of hydrogen-bond acceptors (Lipinski definition) is 2. The summed E-state index contributed by atoms with van der Waals surface area (Å²) >= 11 is 5.79. The maximum atomic E-state index is 11.7. The highest BCUT2D eigenvalue weighted by Gasteiger charge is 2.13. The number of anilines is 1. The first-order valence-electron chi connectivity index (χ1n) is 7.12. The van der Waals surface area contributed by atoms with Crippen LogP contribution in [0, 0.1) is 5.92 Å². The lowest BCUT2D eigenvalue weighted by Gasteiger charge is -2.21. The van der Waals surface area contributed by atoms with E-state index in [2.05, 4.69) is 10.6 Å². The Kier molecular flexibility index (Phi) is 6.15. The Morgan fingerprint density at radius 2 is 1.95 bits per heavy atom. The number of hydrogen-bond donors (Lipinski definition) is 2. The zero-order valence-corrected chi connectivity index (χ0v) is 12.3. The summed E-state index contributed by atoms with van der Waals surface area (Å²) in [4.78, 5) is 11.7. The van der Waals surface area contributed by atoms with Gasteiger partial charge in [-0.3, -0.25) is 0 Å². The quantitative estimate of drug-likeness (QED) is 0.815. The van der Waals surface area contributed by atoms with Crippen LogP contribution >= 0.6 is 11.6 Å². The molecule has 2 N–H and O–H groups in total. The van der Waals surface area contributed by atoms with Crippen molar-refractivity contribution in [2.75, 3.05) is 25.1 Å². The molecule has 0 atom stereocenters. The number of amides is 2. The van der Waals surface area contributed by atoms with Crippen molar-refractivity contribution in [1.29, 1.82) is 0 Å². The summed E-state index contributed by atoms with van der Waals surface area (Å²) in [6.45, 7) is 2.47. The Labute approximate surface area is 124 Å². The molecule has 0 aliphatic carbocycles. The van der Waals surface area contributed by atoms with Gasteiger partial charge in [0.15, 0.2) is 0 Å². The highest BCUT2D eigenvalue weighted by atomic mass is 35.5. The lowest BCUT2D eigenvalue weighted by Crippen LogP contribution is -2.30. The van der Waals surface area contributed by atoms with Crippen LogP contribution in [0.4, 0.5) is 10.5 Å². The van der Waals surface area contributed by atoms with Crippen molar-refractivity contribution in [1.82, 2.24) is 5.32 Å². The molecule has 1 heterocycles. The second-order valence-electron chi connectivity index (χ2n) is 5.09. The molecule has 1 aliphatic rings. The summed E-state index contributed by atoms with van der Waals surface area (Å²) in [7, 11) is 0. The molecule has 1 fully saturated rings. The Bertz CT molecular complexity index is 416. The highest BCUT2D eigenvalue weighted by molar-refractivity contribution is 6.30. The summed E-state index contributed by atoms with van der Waals surface area (Å²) < 4.78 is 5.33. The van der Waals surface area contributed by atoms with E-state index in [0.29, 0.717) is 11.6 Å². The fourth-order valence-corrected chi connectivity index (χ4v) is 2.46. The van der Waals surface area contributed by atoms with Crippen LogP contribution in [-0.4, -0.2) is 25.8 Å². The average Bonchev–Trinajstić information content (AvgIpc) is 2.47. The number of rotatable bonds is 5. The molecule has 0 radical (unpaired) electrons. The maximum absolute atomic E-state index is 11.7. The SMILES string of the molecule is O=C(NCCCC1CCOCC1)Nc1ccc(Cl)cc1. The fourth-order valence-electron chi connectivity index (χ4n) is 2.34. The van der Waals surface area contributed by atoms with Gasteiger partial charge in [-0.25, -0.2) is 4.79 Å². The minimum absolute atomic E-state index is 0.167. The third-order valence-corrected chi connectivity index (χ3v) is 3.77. The summed E-state index contributed by atoms with van der Waals surface area (Å²) in [5.41, 5.74) is 0.747. The predicted octanol–water partition coefficient (Wildman–Crippen LogP) is 3.67. The number of benzene rings is 1. The van der Waals surface area contributed by atoms with E-state index in [0.717, 1.165) is 50.5 Å². The molecular formula is C15H21ClN2O2. The molecular weight excluding hydrogens is 276 g/mol. The van der Waals surface area contributed by atoms with Gasteiger partial charge in [-0.15, -0.1) is 0 Å². The number of ether oxygens (including phenoxy) is 1. The Morgan fingerprint density at radius 3 is 2.65 bits per heavy atom. The van der Waals surface area contributed by atoms with Gasteiger partial charge in [0.1, 0.15) is 0 Å². The molecule has 1 aliphatic heterocycles.